The SMILES string of the molecule is Cn1cc(Oc2cnc3nnn(Cc4cccc(-c5ncc(OCCN6CCNCC6)cn5)c4)c3n2)cn1. The quantitative estimate of drug-likeness (QED) is 0.308. The summed E-state index contributed by atoms with van der Waals surface area (Å²) in [6.07, 6.45) is 8.32. The maximum Gasteiger partial charge on any atom is 0.240 e. The zero-order chi connectivity index (χ0) is 25.7. The van der Waals surface area contributed by atoms with E-state index in [2.05, 4.69) is 45.6 Å². The van der Waals surface area contributed by atoms with Crippen molar-refractivity contribution in [3.8, 4) is 28.8 Å². The summed E-state index contributed by atoms with van der Waals surface area (Å²) in [7, 11) is 1.82. The Morgan fingerprint density at radius 1 is 1.00 bits per heavy atom. The lowest BCUT2D eigenvalue weighted by atomic mass is 10.1. The highest BCUT2D eigenvalue weighted by molar-refractivity contribution is 5.65. The van der Waals surface area contributed by atoms with Crippen LogP contribution in [-0.2, 0) is 13.6 Å². The highest BCUT2D eigenvalue weighted by Gasteiger charge is 2.13. The van der Waals surface area contributed by atoms with E-state index < -0.39 is 0 Å². The Bertz CT molecular complexity index is 1510. The van der Waals surface area contributed by atoms with Gasteiger partial charge in [-0.25, -0.2) is 19.6 Å². The molecule has 13 heteroatoms. The second-order valence-corrected chi connectivity index (χ2v) is 8.94. The van der Waals surface area contributed by atoms with Gasteiger partial charge in [-0.1, -0.05) is 23.4 Å². The fourth-order valence-corrected chi connectivity index (χ4v) is 4.22. The summed E-state index contributed by atoms with van der Waals surface area (Å²) in [5.41, 5.74) is 2.85. The predicted molar refractivity (Wildman–Crippen MR) is 138 cm³/mol. The molecule has 0 aliphatic carbocycles. The summed E-state index contributed by atoms with van der Waals surface area (Å²) in [5.74, 6) is 2.20. The van der Waals surface area contributed by atoms with E-state index in [-0.39, 0.29) is 0 Å². The molecule has 1 N–H and O–H groups in total. The van der Waals surface area contributed by atoms with Crippen LogP contribution in [0.15, 0.2) is 55.2 Å². The summed E-state index contributed by atoms with van der Waals surface area (Å²) in [6.45, 7) is 6.10. The summed E-state index contributed by atoms with van der Waals surface area (Å²) in [4.78, 5) is 20.3. The molecular weight excluding hydrogens is 486 g/mol. The van der Waals surface area contributed by atoms with E-state index in [4.69, 9.17) is 9.47 Å². The molecule has 5 aromatic rings. The largest absolute Gasteiger partial charge is 0.489 e. The molecule has 13 nitrogen and oxygen atoms in total. The standard InChI is InChI=1S/C25H27N11O2/c1-34-17-21(14-30-34)38-22-15-29-24-25(31-22)36(33-32-24)16-18-3-2-4-19(11-18)23-27-12-20(13-28-23)37-10-9-35-7-5-26-6-8-35/h2-4,11-15,17,26H,5-10,16H2,1H3. The maximum absolute atomic E-state index is 5.85. The smallest absolute Gasteiger partial charge is 0.240 e. The first kappa shape index (κ1) is 23.9. The number of nitrogens with zero attached hydrogens (tertiary/aromatic N) is 10. The Hall–Kier alpha value is -4.49. The van der Waals surface area contributed by atoms with Crippen LogP contribution in [-0.4, -0.2) is 88.9 Å². The first-order valence-electron chi connectivity index (χ1n) is 12.4. The van der Waals surface area contributed by atoms with Gasteiger partial charge in [0.15, 0.2) is 17.3 Å². The van der Waals surface area contributed by atoms with Gasteiger partial charge >= 0.3 is 0 Å². The second kappa shape index (κ2) is 10.9. The molecule has 0 saturated carbocycles. The van der Waals surface area contributed by atoms with Crippen molar-refractivity contribution < 1.29 is 9.47 Å². The number of fused-ring (bicyclic) bond motifs is 1. The third kappa shape index (κ3) is 5.58. The zero-order valence-corrected chi connectivity index (χ0v) is 20.9. The van der Waals surface area contributed by atoms with Gasteiger partial charge in [-0.15, -0.1) is 5.10 Å². The van der Waals surface area contributed by atoms with Crippen LogP contribution in [0.1, 0.15) is 5.56 Å². The lowest BCUT2D eigenvalue weighted by Crippen LogP contribution is -2.44. The van der Waals surface area contributed by atoms with Crippen LogP contribution in [0.5, 0.6) is 17.4 Å². The molecule has 0 bridgehead atoms. The van der Waals surface area contributed by atoms with Crippen LogP contribution in [0.4, 0.5) is 0 Å². The number of ether oxygens (including phenoxy) is 2. The van der Waals surface area contributed by atoms with Crippen LogP contribution in [0.3, 0.4) is 0 Å². The zero-order valence-electron chi connectivity index (χ0n) is 20.9. The number of aryl methyl sites for hydroxylation is 1. The van der Waals surface area contributed by atoms with Crippen LogP contribution >= 0.6 is 0 Å². The Kier molecular flexibility index (Phi) is 6.83. The molecule has 4 aromatic heterocycles. The van der Waals surface area contributed by atoms with Gasteiger partial charge in [0.25, 0.3) is 0 Å². The molecular formula is C25H27N11O2. The predicted octanol–water partition coefficient (Wildman–Crippen LogP) is 1.54. The third-order valence-corrected chi connectivity index (χ3v) is 6.14. The Morgan fingerprint density at radius 2 is 1.87 bits per heavy atom. The summed E-state index contributed by atoms with van der Waals surface area (Å²) in [6, 6.07) is 7.97. The molecule has 0 radical (unpaired) electrons. The van der Waals surface area contributed by atoms with Gasteiger partial charge < -0.3 is 14.8 Å². The van der Waals surface area contributed by atoms with Crippen LogP contribution < -0.4 is 14.8 Å². The third-order valence-electron chi connectivity index (χ3n) is 6.14. The first-order chi connectivity index (χ1) is 18.7. The Morgan fingerprint density at radius 3 is 2.68 bits per heavy atom. The van der Waals surface area contributed by atoms with Crippen molar-refractivity contribution in [1.82, 2.24) is 54.9 Å². The normalized spacial score (nSPS) is 14.1. The van der Waals surface area contributed by atoms with Crippen LogP contribution in [0.25, 0.3) is 22.7 Å². The minimum Gasteiger partial charge on any atom is -0.489 e. The van der Waals surface area contributed by atoms with Crippen molar-refractivity contribution in [2.45, 2.75) is 6.54 Å². The van der Waals surface area contributed by atoms with E-state index in [1.54, 1.807) is 34.2 Å². The summed E-state index contributed by atoms with van der Waals surface area (Å²) < 4.78 is 15.0. The van der Waals surface area contributed by atoms with E-state index >= 15 is 0 Å². The molecule has 1 fully saturated rings. The average Bonchev–Trinajstić information content (AvgIpc) is 3.55. The van der Waals surface area contributed by atoms with E-state index in [1.807, 2.05) is 31.3 Å². The number of benzene rings is 1. The number of hydrogen-bond acceptors (Lipinski definition) is 11. The second-order valence-electron chi connectivity index (χ2n) is 8.94. The van der Waals surface area contributed by atoms with E-state index in [0.29, 0.717) is 47.6 Å². The summed E-state index contributed by atoms with van der Waals surface area (Å²) >= 11 is 0. The molecule has 1 saturated heterocycles. The minimum absolute atomic E-state index is 0.339. The molecule has 0 atom stereocenters. The van der Waals surface area contributed by atoms with E-state index in [9.17, 15) is 0 Å². The van der Waals surface area contributed by atoms with Crippen molar-refractivity contribution >= 4 is 11.3 Å². The topological polar surface area (TPSA) is 134 Å². The Labute approximate surface area is 218 Å². The molecule has 0 unspecified atom stereocenters. The molecule has 0 spiro atoms. The number of piperazine rings is 1. The highest BCUT2D eigenvalue weighted by atomic mass is 16.5. The van der Waals surface area contributed by atoms with Gasteiger partial charge in [0.05, 0.1) is 37.5 Å². The molecule has 1 aliphatic rings. The molecule has 0 amide bonds. The monoisotopic (exact) mass is 513 g/mol. The van der Waals surface area contributed by atoms with Crippen molar-refractivity contribution in [2.24, 2.45) is 7.05 Å². The maximum atomic E-state index is 5.85. The molecule has 5 heterocycles. The minimum atomic E-state index is 0.339. The molecule has 194 valence electrons. The first-order valence-corrected chi connectivity index (χ1v) is 12.4. The van der Waals surface area contributed by atoms with Gasteiger partial charge in [-0.2, -0.15) is 10.1 Å². The number of hydrogen-bond donors (Lipinski definition) is 1. The highest BCUT2D eigenvalue weighted by Crippen LogP contribution is 2.21. The van der Waals surface area contributed by atoms with Gasteiger partial charge in [-0.3, -0.25) is 9.58 Å². The number of rotatable bonds is 9. The van der Waals surface area contributed by atoms with Crippen molar-refractivity contribution in [1.29, 1.82) is 0 Å². The van der Waals surface area contributed by atoms with Gasteiger partial charge in [0.1, 0.15) is 6.61 Å². The lowest BCUT2D eigenvalue weighted by Gasteiger charge is -2.26. The molecule has 1 aliphatic heterocycles. The van der Waals surface area contributed by atoms with E-state index in [1.165, 1.54) is 6.20 Å². The lowest BCUT2D eigenvalue weighted by molar-refractivity contribution is 0.191. The van der Waals surface area contributed by atoms with Crippen molar-refractivity contribution in [2.75, 3.05) is 39.3 Å². The average molecular weight is 514 g/mol. The van der Waals surface area contributed by atoms with Crippen LogP contribution in [0.2, 0.25) is 0 Å². The number of nitrogens with one attached hydrogen (secondary N) is 1. The fourth-order valence-electron chi connectivity index (χ4n) is 4.22. The Balaban J connectivity index is 1.12. The molecule has 6 rings (SSSR count). The van der Waals surface area contributed by atoms with Gasteiger partial charge in [-0.05, 0) is 11.6 Å². The van der Waals surface area contributed by atoms with Gasteiger partial charge in [0.2, 0.25) is 17.2 Å². The van der Waals surface area contributed by atoms with E-state index in [0.717, 1.165) is 43.9 Å². The molecule has 1 aromatic carbocycles. The van der Waals surface area contributed by atoms with Crippen molar-refractivity contribution in [3.05, 3.63) is 60.8 Å². The summed E-state index contributed by atoms with van der Waals surface area (Å²) in [5, 5.41) is 15.8. The number of aromatic nitrogens is 9. The fraction of sp³-hybridized carbons (Fsp3) is 0.320. The van der Waals surface area contributed by atoms with Crippen LogP contribution in [0, 0.1) is 0 Å². The van der Waals surface area contributed by atoms with Gasteiger partial charge in [0, 0.05) is 45.3 Å². The van der Waals surface area contributed by atoms with Crippen molar-refractivity contribution in [3.63, 3.8) is 0 Å². The molecule has 38 heavy (non-hydrogen) atoms.